The summed E-state index contributed by atoms with van der Waals surface area (Å²) in [6.07, 6.45) is 1.50. The first-order valence-electron chi connectivity index (χ1n) is 5.57. The number of nitrogens with one attached hydrogen (secondary N) is 1. The number of rotatable bonds is 2. The van der Waals surface area contributed by atoms with Crippen LogP contribution in [0.2, 0.25) is 5.02 Å². The Kier molecular flexibility index (Phi) is 3.63. The van der Waals surface area contributed by atoms with E-state index in [9.17, 15) is 4.79 Å². The summed E-state index contributed by atoms with van der Waals surface area (Å²) >= 11 is 5.74. The lowest BCUT2D eigenvalue weighted by molar-refractivity contribution is 0.102. The Balaban J connectivity index is 2.22. The van der Waals surface area contributed by atoms with Crippen LogP contribution in [-0.4, -0.2) is 10.9 Å². The quantitative estimate of drug-likeness (QED) is 0.896. The lowest BCUT2D eigenvalue weighted by Crippen LogP contribution is -2.14. The predicted molar refractivity (Wildman–Crippen MR) is 73.1 cm³/mol. The Morgan fingerprint density at radius 1 is 1.22 bits per heavy atom. The van der Waals surface area contributed by atoms with E-state index in [4.69, 9.17) is 11.6 Å². The third-order valence-electron chi connectivity index (χ3n) is 2.82. The molecule has 0 unspecified atom stereocenters. The molecule has 4 heteroatoms. The summed E-state index contributed by atoms with van der Waals surface area (Å²) < 4.78 is 0. The maximum atomic E-state index is 12.1. The second kappa shape index (κ2) is 5.19. The minimum Gasteiger partial charge on any atom is -0.307 e. The van der Waals surface area contributed by atoms with Gasteiger partial charge in [-0.15, -0.1) is 0 Å². The van der Waals surface area contributed by atoms with Gasteiger partial charge < -0.3 is 5.32 Å². The number of hydrogen-bond donors (Lipinski definition) is 1. The highest BCUT2D eigenvalue weighted by Gasteiger charge is 2.10. The molecule has 0 saturated heterocycles. The number of carbonyl (C=O) groups excluding carboxylic acids is 1. The van der Waals surface area contributed by atoms with Crippen LogP contribution in [0.4, 0.5) is 5.82 Å². The van der Waals surface area contributed by atoms with E-state index < -0.39 is 0 Å². The molecule has 0 saturated carbocycles. The molecule has 0 aliphatic carbocycles. The van der Waals surface area contributed by atoms with Gasteiger partial charge in [-0.1, -0.05) is 23.7 Å². The van der Waals surface area contributed by atoms with Gasteiger partial charge in [-0.05, 0) is 43.2 Å². The number of benzene rings is 1. The Hall–Kier alpha value is -1.87. The second-order valence-electron chi connectivity index (χ2n) is 4.06. The van der Waals surface area contributed by atoms with Crippen molar-refractivity contribution in [1.82, 2.24) is 4.98 Å². The van der Waals surface area contributed by atoms with Crippen LogP contribution in [0.15, 0.2) is 36.5 Å². The highest BCUT2D eigenvalue weighted by molar-refractivity contribution is 6.30. The van der Waals surface area contributed by atoms with Crippen molar-refractivity contribution in [3.63, 3.8) is 0 Å². The van der Waals surface area contributed by atoms with Crippen molar-refractivity contribution >= 4 is 23.3 Å². The van der Waals surface area contributed by atoms with Crippen molar-refractivity contribution < 1.29 is 4.79 Å². The van der Waals surface area contributed by atoms with Crippen LogP contribution >= 0.6 is 11.6 Å². The van der Waals surface area contributed by atoms with Gasteiger partial charge in [-0.2, -0.15) is 0 Å². The van der Waals surface area contributed by atoms with Crippen LogP contribution in [0, 0.1) is 13.8 Å². The van der Waals surface area contributed by atoms with E-state index >= 15 is 0 Å². The van der Waals surface area contributed by atoms with E-state index in [1.165, 1.54) is 6.20 Å². The molecule has 0 aliphatic rings. The maximum absolute atomic E-state index is 12.1. The number of hydrogen-bond acceptors (Lipinski definition) is 2. The Labute approximate surface area is 111 Å². The van der Waals surface area contributed by atoms with Gasteiger partial charge in [0.1, 0.15) is 5.82 Å². The van der Waals surface area contributed by atoms with Crippen molar-refractivity contribution in [2.45, 2.75) is 13.8 Å². The van der Waals surface area contributed by atoms with Crippen LogP contribution in [0.1, 0.15) is 21.5 Å². The van der Waals surface area contributed by atoms with E-state index in [2.05, 4.69) is 10.3 Å². The van der Waals surface area contributed by atoms with E-state index in [1.54, 1.807) is 18.2 Å². The minimum absolute atomic E-state index is 0.161. The first-order valence-corrected chi connectivity index (χ1v) is 5.95. The SMILES string of the molecule is Cc1cccc(C(=O)Nc2ccc(Cl)cn2)c1C. The van der Waals surface area contributed by atoms with Gasteiger partial charge >= 0.3 is 0 Å². The Bertz CT molecular complexity index is 579. The first-order chi connectivity index (χ1) is 8.58. The van der Waals surface area contributed by atoms with Gasteiger partial charge in [0, 0.05) is 11.8 Å². The van der Waals surface area contributed by atoms with E-state index in [0.717, 1.165) is 11.1 Å². The number of anilines is 1. The molecule has 1 aromatic heterocycles. The second-order valence-corrected chi connectivity index (χ2v) is 4.50. The summed E-state index contributed by atoms with van der Waals surface area (Å²) in [6, 6.07) is 9.01. The summed E-state index contributed by atoms with van der Waals surface area (Å²) in [6.45, 7) is 3.91. The van der Waals surface area contributed by atoms with Gasteiger partial charge in [-0.3, -0.25) is 4.79 Å². The van der Waals surface area contributed by atoms with E-state index in [0.29, 0.717) is 16.4 Å². The Morgan fingerprint density at radius 3 is 2.67 bits per heavy atom. The lowest BCUT2D eigenvalue weighted by Gasteiger charge is -2.08. The molecular weight excluding hydrogens is 248 g/mol. The fraction of sp³-hybridized carbons (Fsp3) is 0.143. The van der Waals surface area contributed by atoms with Crippen molar-refractivity contribution in [2.75, 3.05) is 5.32 Å². The molecule has 3 nitrogen and oxygen atoms in total. The van der Waals surface area contributed by atoms with Crippen LogP contribution < -0.4 is 5.32 Å². The number of amides is 1. The molecule has 92 valence electrons. The minimum atomic E-state index is -0.161. The summed E-state index contributed by atoms with van der Waals surface area (Å²) in [5.74, 6) is 0.330. The monoisotopic (exact) mass is 260 g/mol. The lowest BCUT2D eigenvalue weighted by atomic mass is 10.0. The zero-order chi connectivity index (χ0) is 13.1. The van der Waals surface area contributed by atoms with Gasteiger partial charge in [0.25, 0.3) is 5.91 Å². The molecule has 2 aromatic rings. The number of aromatic nitrogens is 1. The molecule has 2 rings (SSSR count). The average molecular weight is 261 g/mol. The van der Waals surface area contributed by atoms with Crippen LogP contribution in [0.25, 0.3) is 0 Å². The molecule has 0 bridgehead atoms. The number of carbonyl (C=O) groups is 1. The van der Waals surface area contributed by atoms with Gasteiger partial charge in [0.15, 0.2) is 0 Å². The van der Waals surface area contributed by atoms with Gasteiger partial charge in [0.05, 0.1) is 5.02 Å². The number of pyridine rings is 1. The topological polar surface area (TPSA) is 42.0 Å². The van der Waals surface area contributed by atoms with Crippen molar-refractivity contribution in [3.05, 3.63) is 58.2 Å². The fourth-order valence-electron chi connectivity index (χ4n) is 1.63. The third-order valence-corrected chi connectivity index (χ3v) is 3.04. The van der Waals surface area contributed by atoms with Gasteiger partial charge in [0.2, 0.25) is 0 Å². The molecular formula is C14H13ClN2O. The predicted octanol–water partition coefficient (Wildman–Crippen LogP) is 3.60. The van der Waals surface area contributed by atoms with Gasteiger partial charge in [-0.25, -0.2) is 4.98 Å². The summed E-state index contributed by atoms with van der Waals surface area (Å²) in [5.41, 5.74) is 2.72. The molecule has 1 aromatic carbocycles. The smallest absolute Gasteiger partial charge is 0.257 e. The Morgan fingerprint density at radius 2 is 2.00 bits per heavy atom. The highest BCUT2D eigenvalue weighted by Crippen LogP contribution is 2.15. The molecule has 0 radical (unpaired) electrons. The van der Waals surface area contributed by atoms with Crippen LogP contribution in [0.3, 0.4) is 0 Å². The molecule has 0 atom stereocenters. The summed E-state index contributed by atoms with van der Waals surface area (Å²) in [7, 11) is 0. The van der Waals surface area contributed by atoms with Crippen molar-refractivity contribution in [2.24, 2.45) is 0 Å². The van der Waals surface area contributed by atoms with E-state index in [1.807, 2.05) is 26.0 Å². The molecule has 0 aliphatic heterocycles. The number of halogens is 1. The van der Waals surface area contributed by atoms with Crippen LogP contribution in [0.5, 0.6) is 0 Å². The molecule has 0 spiro atoms. The molecule has 1 N–H and O–H groups in total. The largest absolute Gasteiger partial charge is 0.307 e. The van der Waals surface area contributed by atoms with E-state index in [-0.39, 0.29) is 5.91 Å². The summed E-state index contributed by atoms with van der Waals surface area (Å²) in [4.78, 5) is 16.1. The highest BCUT2D eigenvalue weighted by atomic mass is 35.5. The average Bonchev–Trinajstić information content (AvgIpc) is 2.35. The number of aryl methyl sites for hydroxylation is 1. The fourth-order valence-corrected chi connectivity index (χ4v) is 1.74. The molecule has 1 heterocycles. The maximum Gasteiger partial charge on any atom is 0.257 e. The summed E-state index contributed by atoms with van der Waals surface area (Å²) in [5, 5.41) is 3.29. The number of nitrogens with zero attached hydrogens (tertiary/aromatic N) is 1. The standard InChI is InChI=1S/C14H13ClN2O/c1-9-4-3-5-12(10(9)2)14(18)17-13-7-6-11(15)8-16-13/h3-8H,1-2H3,(H,16,17,18). The normalized spacial score (nSPS) is 10.2. The molecule has 1 amide bonds. The van der Waals surface area contributed by atoms with Crippen molar-refractivity contribution in [1.29, 1.82) is 0 Å². The zero-order valence-corrected chi connectivity index (χ0v) is 11.0. The van der Waals surface area contributed by atoms with Crippen LogP contribution in [-0.2, 0) is 0 Å². The third kappa shape index (κ3) is 2.68. The van der Waals surface area contributed by atoms with Crippen molar-refractivity contribution in [3.8, 4) is 0 Å². The molecule has 0 fully saturated rings. The first kappa shape index (κ1) is 12.6. The molecule has 18 heavy (non-hydrogen) atoms. The zero-order valence-electron chi connectivity index (χ0n) is 10.2.